The lowest BCUT2D eigenvalue weighted by molar-refractivity contribution is -0.680. The molecule has 1 aliphatic heterocycles. The van der Waals surface area contributed by atoms with Gasteiger partial charge in [0.2, 0.25) is 4.99 Å². The maximum atomic E-state index is 11.7. The van der Waals surface area contributed by atoms with Gasteiger partial charge in [-0.05, 0) is 49.6 Å². The molecule has 0 aliphatic carbocycles. The molecule has 1 aromatic rings. The van der Waals surface area contributed by atoms with Gasteiger partial charge in [0, 0.05) is 12.0 Å². The van der Waals surface area contributed by atoms with Crippen LogP contribution >= 0.6 is 0 Å². The molecule has 0 saturated carbocycles. The highest BCUT2D eigenvalue weighted by atomic mass is 32.1. The van der Waals surface area contributed by atoms with Gasteiger partial charge in [0.25, 0.3) is 0 Å². The molecule has 0 amide bonds. The zero-order valence-corrected chi connectivity index (χ0v) is 12.1. The highest BCUT2D eigenvalue weighted by Crippen LogP contribution is 2.20. The predicted octanol–water partition coefficient (Wildman–Crippen LogP) is 1.33. The maximum Gasteiger partial charge on any atom is 0.233 e. The number of hydroxylamine groups is 2. The molecular weight excluding hydrogens is 258 g/mol. The van der Waals surface area contributed by atoms with Crippen LogP contribution in [0.1, 0.15) is 22.3 Å². The standard InChI is InChI=1S/C15H17NO2S/c1-10-7-11(2)14(12(3)8-10)9-13-5-4-6-16(17)15(13)19-18/h4-8,16H,9H2,1-3H3. The van der Waals surface area contributed by atoms with Crippen LogP contribution in [0.2, 0.25) is 0 Å². The lowest BCUT2D eigenvalue weighted by Gasteiger charge is -2.22. The van der Waals surface area contributed by atoms with Crippen LogP contribution in [0.5, 0.6) is 0 Å². The summed E-state index contributed by atoms with van der Waals surface area (Å²) in [5.74, 6) is 0. The number of nitrogens with one attached hydrogen (secondary N) is 1. The Balaban J connectivity index is 2.39. The Hall–Kier alpha value is -1.49. The Labute approximate surface area is 116 Å². The van der Waals surface area contributed by atoms with Crippen molar-refractivity contribution in [2.24, 2.45) is 0 Å². The number of hydrogen-bond donors (Lipinski definition) is 1. The zero-order valence-electron chi connectivity index (χ0n) is 11.3. The fourth-order valence-corrected chi connectivity index (χ4v) is 2.87. The van der Waals surface area contributed by atoms with Gasteiger partial charge in [-0.15, -0.1) is 0 Å². The minimum absolute atomic E-state index is 0.181. The topological polar surface area (TPSA) is 44.6 Å². The molecule has 2 rings (SSSR count). The van der Waals surface area contributed by atoms with Gasteiger partial charge >= 0.3 is 0 Å². The molecule has 1 aliphatic rings. The van der Waals surface area contributed by atoms with E-state index in [1.165, 1.54) is 28.5 Å². The fraction of sp³-hybridized carbons (Fsp3) is 0.267. The van der Waals surface area contributed by atoms with Crippen molar-refractivity contribution in [2.45, 2.75) is 27.2 Å². The van der Waals surface area contributed by atoms with E-state index in [9.17, 15) is 9.42 Å². The molecule has 0 fully saturated rings. The molecule has 0 bridgehead atoms. The Morgan fingerprint density at radius 1 is 1.21 bits per heavy atom. The van der Waals surface area contributed by atoms with Gasteiger partial charge in [0.15, 0.2) is 11.3 Å². The Kier molecular flexibility index (Phi) is 4.14. The molecule has 1 aromatic carbocycles. The third kappa shape index (κ3) is 2.92. The first-order chi connectivity index (χ1) is 9.02. The summed E-state index contributed by atoms with van der Waals surface area (Å²) >= 11 is 0.294. The van der Waals surface area contributed by atoms with Crippen LogP contribution in [0.15, 0.2) is 36.1 Å². The first-order valence-electron chi connectivity index (χ1n) is 6.18. The molecule has 19 heavy (non-hydrogen) atoms. The Bertz CT molecular complexity index is 602. The zero-order chi connectivity index (χ0) is 14.0. The number of benzene rings is 1. The van der Waals surface area contributed by atoms with E-state index in [0.717, 1.165) is 5.57 Å². The van der Waals surface area contributed by atoms with Gasteiger partial charge in [0.1, 0.15) is 6.20 Å². The van der Waals surface area contributed by atoms with E-state index in [4.69, 9.17) is 0 Å². The molecule has 100 valence electrons. The summed E-state index contributed by atoms with van der Waals surface area (Å²) in [7, 11) is 0. The number of aryl methyl sites for hydroxylation is 3. The average molecular weight is 275 g/mol. The molecule has 1 heterocycles. The second-order valence-electron chi connectivity index (χ2n) is 4.88. The Morgan fingerprint density at radius 2 is 1.84 bits per heavy atom. The van der Waals surface area contributed by atoms with Crippen molar-refractivity contribution in [1.29, 1.82) is 0 Å². The third-order valence-electron chi connectivity index (χ3n) is 3.35. The van der Waals surface area contributed by atoms with Crippen LogP contribution < -0.4 is 5.06 Å². The van der Waals surface area contributed by atoms with Crippen molar-refractivity contribution in [3.63, 3.8) is 0 Å². The van der Waals surface area contributed by atoms with Crippen LogP contribution in [0.25, 0.3) is 0 Å². The molecule has 0 saturated heterocycles. The van der Waals surface area contributed by atoms with Crippen LogP contribution in [-0.4, -0.2) is 9.20 Å². The lowest BCUT2D eigenvalue weighted by atomic mass is 9.93. The van der Waals surface area contributed by atoms with E-state index in [1.54, 1.807) is 6.08 Å². The highest BCUT2D eigenvalue weighted by Gasteiger charge is 2.18. The predicted molar refractivity (Wildman–Crippen MR) is 79.1 cm³/mol. The van der Waals surface area contributed by atoms with E-state index < -0.39 is 0 Å². The molecule has 0 aromatic heterocycles. The van der Waals surface area contributed by atoms with E-state index in [0.29, 0.717) is 22.7 Å². The van der Waals surface area contributed by atoms with Gasteiger partial charge in [-0.25, -0.2) is 4.21 Å². The largest absolute Gasteiger partial charge is 0.623 e. The van der Waals surface area contributed by atoms with Gasteiger partial charge < -0.3 is 10.3 Å². The maximum absolute atomic E-state index is 11.7. The number of rotatable bonds is 2. The quantitative estimate of drug-likeness (QED) is 0.654. The lowest BCUT2D eigenvalue weighted by Crippen LogP contribution is -3.06. The normalized spacial score (nSPS) is 18.4. The molecule has 0 radical (unpaired) electrons. The van der Waals surface area contributed by atoms with Gasteiger partial charge in [-0.3, -0.25) is 0 Å². The molecule has 4 heteroatoms. The average Bonchev–Trinajstić information content (AvgIpc) is 2.34. The van der Waals surface area contributed by atoms with E-state index >= 15 is 0 Å². The molecule has 1 N–H and O–H groups in total. The second kappa shape index (κ2) is 5.65. The van der Waals surface area contributed by atoms with E-state index in [1.807, 2.05) is 6.08 Å². The summed E-state index contributed by atoms with van der Waals surface area (Å²) in [5, 5.41) is 11.5. The fourth-order valence-electron chi connectivity index (χ4n) is 2.47. The van der Waals surface area contributed by atoms with Crippen molar-refractivity contribution in [3.05, 3.63) is 63.5 Å². The summed E-state index contributed by atoms with van der Waals surface area (Å²) in [5.41, 5.74) is 5.66. The van der Waals surface area contributed by atoms with Gasteiger partial charge in [0.05, 0.1) is 0 Å². The van der Waals surface area contributed by atoms with Crippen molar-refractivity contribution >= 4 is 16.2 Å². The first kappa shape index (κ1) is 13.9. The Morgan fingerprint density at radius 3 is 2.42 bits per heavy atom. The number of hydrogen-bond acceptors (Lipinski definition) is 2. The smallest absolute Gasteiger partial charge is 0.233 e. The molecule has 1 atom stereocenters. The van der Waals surface area contributed by atoms with Gasteiger partial charge in [-0.2, -0.15) is 0 Å². The minimum Gasteiger partial charge on any atom is -0.623 e. The third-order valence-corrected chi connectivity index (χ3v) is 3.98. The number of allylic oxidation sites excluding steroid dienone is 2. The summed E-state index contributed by atoms with van der Waals surface area (Å²) in [6.07, 6.45) is 5.66. The monoisotopic (exact) mass is 275 g/mol. The van der Waals surface area contributed by atoms with Crippen LogP contribution in [0, 0.1) is 26.0 Å². The van der Waals surface area contributed by atoms with Crippen molar-refractivity contribution in [3.8, 4) is 0 Å². The first-order valence-corrected chi connectivity index (χ1v) is 6.92. The molecular formula is C15H17NO2S. The molecule has 3 nitrogen and oxygen atoms in total. The summed E-state index contributed by atoms with van der Waals surface area (Å²) in [6.45, 7) is 6.21. The van der Waals surface area contributed by atoms with Crippen LogP contribution in [0.3, 0.4) is 0 Å². The number of quaternary nitrogens is 1. The van der Waals surface area contributed by atoms with Crippen molar-refractivity contribution in [2.75, 3.05) is 0 Å². The molecule has 0 spiro atoms. The summed E-state index contributed by atoms with van der Waals surface area (Å²) in [4.78, 5) is 0.321. The second-order valence-corrected chi connectivity index (χ2v) is 5.46. The van der Waals surface area contributed by atoms with E-state index in [-0.39, 0.29) is 5.06 Å². The van der Waals surface area contributed by atoms with E-state index in [2.05, 4.69) is 32.9 Å². The minimum atomic E-state index is -0.181. The van der Waals surface area contributed by atoms with Crippen molar-refractivity contribution < 1.29 is 9.27 Å². The molecule has 1 unspecified atom stereocenters. The SMILES string of the molecule is Cc1cc(C)c(CC2=CC=C[NH+]([O-])C2=S=O)c(C)c1. The highest BCUT2D eigenvalue weighted by molar-refractivity contribution is 7.66. The van der Waals surface area contributed by atoms with Crippen LogP contribution in [-0.2, 0) is 17.7 Å². The summed E-state index contributed by atoms with van der Waals surface area (Å²) < 4.78 is 11.1. The summed E-state index contributed by atoms with van der Waals surface area (Å²) in [6, 6.07) is 4.26. The van der Waals surface area contributed by atoms with Crippen molar-refractivity contribution in [1.82, 2.24) is 0 Å². The van der Waals surface area contributed by atoms with Crippen LogP contribution in [0.4, 0.5) is 0 Å². The van der Waals surface area contributed by atoms with Gasteiger partial charge in [-0.1, -0.05) is 17.7 Å².